The first-order valence-corrected chi connectivity index (χ1v) is 10.7. The molecule has 6 heteroatoms. The van der Waals surface area contributed by atoms with E-state index in [-0.39, 0.29) is 6.10 Å². The number of hydrogen-bond acceptors (Lipinski definition) is 5. The summed E-state index contributed by atoms with van der Waals surface area (Å²) < 4.78 is 17.0. The Morgan fingerprint density at radius 2 is 1.93 bits per heavy atom. The summed E-state index contributed by atoms with van der Waals surface area (Å²) in [6, 6.07) is 7.43. The zero-order chi connectivity index (χ0) is 21.3. The standard InChI is InChI=1S/C23H38N2O4/c1-5-9-10-13-17-28-22-15-12-11-14-21(22)24-23(26)29-20(19-27-16-6-2)18-25(7-3)8-4/h6,11-12,14-15,20H,2,5,7-10,13,16-19H2,1,3-4H3,(H,24,26). The Bertz CT molecular complexity index is 576. The van der Waals surface area contributed by atoms with Gasteiger partial charge in [0.05, 0.1) is 25.5 Å². The van der Waals surface area contributed by atoms with Gasteiger partial charge in [0.2, 0.25) is 0 Å². The highest BCUT2D eigenvalue weighted by Gasteiger charge is 2.18. The Morgan fingerprint density at radius 3 is 2.62 bits per heavy atom. The van der Waals surface area contributed by atoms with Crippen molar-refractivity contribution in [2.24, 2.45) is 0 Å². The third-order valence-corrected chi connectivity index (χ3v) is 4.55. The molecule has 0 aliphatic heterocycles. The van der Waals surface area contributed by atoms with Gasteiger partial charge in [0.1, 0.15) is 11.9 Å². The number of carbonyl (C=O) groups excluding carboxylic acids is 1. The number of unbranched alkanes of at least 4 members (excludes halogenated alkanes) is 3. The summed E-state index contributed by atoms with van der Waals surface area (Å²) in [7, 11) is 0. The first kappa shape index (κ1) is 25.0. The molecular formula is C23H38N2O4. The Morgan fingerprint density at radius 1 is 1.17 bits per heavy atom. The molecule has 0 bridgehead atoms. The third-order valence-electron chi connectivity index (χ3n) is 4.55. The minimum absolute atomic E-state index is 0.325. The van der Waals surface area contributed by atoms with Gasteiger partial charge in [-0.3, -0.25) is 5.32 Å². The van der Waals surface area contributed by atoms with Crippen molar-refractivity contribution in [3.63, 3.8) is 0 Å². The highest BCUT2D eigenvalue weighted by molar-refractivity contribution is 5.86. The number of anilines is 1. The van der Waals surface area contributed by atoms with Crippen molar-refractivity contribution >= 4 is 11.8 Å². The van der Waals surface area contributed by atoms with Crippen LogP contribution in [0.5, 0.6) is 5.75 Å². The normalized spacial score (nSPS) is 11.9. The summed E-state index contributed by atoms with van der Waals surface area (Å²) in [6.45, 7) is 13.8. The summed E-state index contributed by atoms with van der Waals surface area (Å²) >= 11 is 0. The number of rotatable bonds is 16. The van der Waals surface area contributed by atoms with E-state index in [0.29, 0.717) is 37.8 Å². The fourth-order valence-corrected chi connectivity index (χ4v) is 2.87. The van der Waals surface area contributed by atoms with Gasteiger partial charge in [-0.15, -0.1) is 6.58 Å². The number of likely N-dealkylation sites (N-methyl/N-ethyl adjacent to an activating group) is 1. The summed E-state index contributed by atoms with van der Waals surface area (Å²) in [6.07, 6.45) is 5.35. The van der Waals surface area contributed by atoms with Gasteiger partial charge in [0, 0.05) is 6.54 Å². The molecule has 0 spiro atoms. The van der Waals surface area contributed by atoms with Crippen molar-refractivity contribution < 1.29 is 19.0 Å². The lowest BCUT2D eigenvalue weighted by molar-refractivity contribution is 0.0168. The number of para-hydroxylation sites is 2. The zero-order valence-corrected chi connectivity index (χ0v) is 18.3. The second-order valence-corrected chi connectivity index (χ2v) is 6.87. The van der Waals surface area contributed by atoms with Crippen LogP contribution in [0.25, 0.3) is 0 Å². The van der Waals surface area contributed by atoms with E-state index in [1.807, 2.05) is 24.3 Å². The van der Waals surface area contributed by atoms with Crippen LogP contribution in [0.1, 0.15) is 46.5 Å². The minimum Gasteiger partial charge on any atom is -0.491 e. The molecule has 0 saturated carbocycles. The van der Waals surface area contributed by atoms with Gasteiger partial charge in [-0.25, -0.2) is 4.79 Å². The smallest absolute Gasteiger partial charge is 0.412 e. The number of carbonyl (C=O) groups is 1. The molecule has 1 aromatic rings. The average molecular weight is 407 g/mol. The van der Waals surface area contributed by atoms with E-state index in [9.17, 15) is 4.79 Å². The summed E-state index contributed by atoms with van der Waals surface area (Å²) in [5.74, 6) is 0.657. The molecule has 0 saturated heterocycles. The number of ether oxygens (including phenoxy) is 3. The van der Waals surface area contributed by atoms with Gasteiger partial charge in [0.15, 0.2) is 0 Å². The molecule has 6 nitrogen and oxygen atoms in total. The Labute approximate surface area is 176 Å². The van der Waals surface area contributed by atoms with Crippen LogP contribution in [0.4, 0.5) is 10.5 Å². The van der Waals surface area contributed by atoms with Crippen LogP contribution < -0.4 is 10.1 Å². The van der Waals surface area contributed by atoms with Crippen LogP contribution in [0, 0.1) is 0 Å². The minimum atomic E-state index is -0.508. The Hall–Kier alpha value is -2.05. The van der Waals surface area contributed by atoms with Crippen LogP contribution in [0.3, 0.4) is 0 Å². The lowest BCUT2D eigenvalue weighted by Crippen LogP contribution is -2.38. The van der Waals surface area contributed by atoms with Gasteiger partial charge in [-0.2, -0.15) is 0 Å². The van der Waals surface area contributed by atoms with E-state index >= 15 is 0 Å². The number of hydrogen-bond donors (Lipinski definition) is 1. The van der Waals surface area contributed by atoms with E-state index in [0.717, 1.165) is 25.9 Å². The van der Waals surface area contributed by atoms with Crippen LogP contribution in [0.15, 0.2) is 36.9 Å². The van der Waals surface area contributed by atoms with Crippen molar-refractivity contribution in [3.8, 4) is 5.75 Å². The highest BCUT2D eigenvalue weighted by atomic mass is 16.6. The zero-order valence-electron chi connectivity index (χ0n) is 18.3. The maximum atomic E-state index is 12.5. The van der Waals surface area contributed by atoms with E-state index < -0.39 is 6.09 Å². The van der Waals surface area contributed by atoms with Crippen LogP contribution in [-0.4, -0.2) is 56.6 Å². The van der Waals surface area contributed by atoms with Crippen molar-refractivity contribution in [2.75, 3.05) is 44.8 Å². The van der Waals surface area contributed by atoms with Crippen LogP contribution in [-0.2, 0) is 9.47 Å². The van der Waals surface area contributed by atoms with E-state index in [2.05, 4.69) is 37.6 Å². The van der Waals surface area contributed by atoms with Gasteiger partial charge >= 0.3 is 6.09 Å². The molecule has 29 heavy (non-hydrogen) atoms. The number of amides is 1. The van der Waals surface area contributed by atoms with Gasteiger partial charge in [-0.1, -0.05) is 58.2 Å². The maximum Gasteiger partial charge on any atom is 0.412 e. The number of nitrogens with zero attached hydrogens (tertiary/aromatic N) is 1. The van der Waals surface area contributed by atoms with Gasteiger partial charge < -0.3 is 19.1 Å². The van der Waals surface area contributed by atoms with Crippen molar-refractivity contribution in [2.45, 2.75) is 52.6 Å². The fourth-order valence-electron chi connectivity index (χ4n) is 2.87. The van der Waals surface area contributed by atoms with Crippen LogP contribution in [0.2, 0.25) is 0 Å². The average Bonchev–Trinajstić information content (AvgIpc) is 2.72. The molecule has 164 valence electrons. The molecule has 0 aromatic heterocycles. The fraction of sp³-hybridized carbons (Fsp3) is 0.609. The number of nitrogens with one attached hydrogen (secondary N) is 1. The molecule has 1 N–H and O–H groups in total. The summed E-state index contributed by atoms with van der Waals surface area (Å²) in [5.41, 5.74) is 0.613. The molecule has 0 heterocycles. The maximum absolute atomic E-state index is 12.5. The molecule has 1 atom stereocenters. The lowest BCUT2D eigenvalue weighted by Gasteiger charge is -2.25. The quantitative estimate of drug-likeness (QED) is 0.305. The number of benzene rings is 1. The topological polar surface area (TPSA) is 60.0 Å². The van der Waals surface area contributed by atoms with Crippen LogP contribution >= 0.6 is 0 Å². The second-order valence-electron chi connectivity index (χ2n) is 6.87. The van der Waals surface area contributed by atoms with Crippen molar-refractivity contribution in [1.82, 2.24) is 4.90 Å². The summed E-state index contributed by atoms with van der Waals surface area (Å²) in [5, 5.41) is 2.81. The molecule has 1 amide bonds. The molecule has 1 unspecified atom stereocenters. The van der Waals surface area contributed by atoms with E-state index in [1.54, 1.807) is 6.08 Å². The van der Waals surface area contributed by atoms with E-state index in [4.69, 9.17) is 14.2 Å². The third kappa shape index (κ3) is 10.9. The molecule has 0 aliphatic carbocycles. The van der Waals surface area contributed by atoms with Crippen molar-refractivity contribution in [3.05, 3.63) is 36.9 Å². The first-order chi connectivity index (χ1) is 14.1. The molecule has 1 aromatic carbocycles. The summed E-state index contributed by atoms with van der Waals surface area (Å²) in [4.78, 5) is 14.7. The lowest BCUT2D eigenvalue weighted by atomic mass is 10.2. The SMILES string of the molecule is C=CCOCC(CN(CC)CC)OC(=O)Nc1ccccc1OCCCCCC. The van der Waals surface area contributed by atoms with Gasteiger partial charge in [0.25, 0.3) is 0 Å². The molecule has 0 fully saturated rings. The predicted octanol–water partition coefficient (Wildman–Crippen LogP) is 5.11. The molecule has 0 aliphatic rings. The first-order valence-electron chi connectivity index (χ1n) is 10.7. The molecule has 0 radical (unpaired) electrons. The highest BCUT2D eigenvalue weighted by Crippen LogP contribution is 2.24. The van der Waals surface area contributed by atoms with Crippen molar-refractivity contribution in [1.29, 1.82) is 0 Å². The Balaban J connectivity index is 2.63. The monoisotopic (exact) mass is 406 g/mol. The van der Waals surface area contributed by atoms with E-state index in [1.165, 1.54) is 12.8 Å². The predicted molar refractivity (Wildman–Crippen MR) is 119 cm³/mol. The second kappa shape index (κ2) is 15.8. The molecule has 1 rings (SSSR count). The largest absolute Gasteiger partial charge is 0.491 e. The molecular weight excluding hydrogens is 368 g/mol. The van der Waals surface area contributed by atoms with Gasteiger partial charge in [-0.05, 0) is 31.6 Å². The Kier molecular flexibility index (Phi) is 13.6.